The van der Waals surface area contributed by atoms with Crippen LogP contribution in [-0.4, -0.2) is 23.7 Å². The number of halogens is 1. The molecule has 0 bridgehead atoms. The van der Waals surface area contributed by atoms with E-state index < -0.39 is 0 Å². The molecule has 0 radical (unpaired) electrons. The molecule has 1 unspecified atom stereocenters. The van der Waals surface area contributed by atoms with E-state index in [1.807, 2.05) is 48.2 Å². The number of hydrogen-bond donors (Lipinski definition) is 2. The lowest BCUT2D eigenvalue weighted by atomic mass is 9.98. The molecular weight excluding hydrogens is 302 g/mol. The van der Waals surface area contributed by atoms with Crippen LogP contribution in [0.15, 0.2) is 48.5 Å². The highest BCUT2D eigenvalue weighted by atomic mass is 35.5. The van der Waals surface area contributed by atoms with Crippen molar-refractivity contribution in [2.24, 2.45) is 0 Å². The normalized spacial score (nSPS) is 12.3. The molecule has 0 saturated heterocycles. The van der Waals surface area contributed by atoms with Crippen LogP contribution in [-0.2, 0) is 0 Å². The maximum Gasteiger partial charge on any atom is 0.115 e. The second-order valence-corrected chi connectivity index (χ2v) is 6.30. The van der Waals surface area contributed by atoms with Gasteiger partial charge in [0.1, 0.15) is 5.75 Å². The largest absolute Gasteiger partial charge is 0.508 e. The number of phenolic OH excluding ortho intramolecular Hbond substituents is 1. The smallest absolute Gasteiger partial charge is 0.115 e. The fourth-order valence-corrected chi connectivity index (χ4v) is 2.77. The molecule has 4 heteroatoms. The molecule has 2 N–H and O–H groups in total. The van der Waals surface area contributed by atoms with Crippen molar-refractivity contribution in [3.05, 3.63) is 64.7 Å². The number of aromatic hydroxyl groups is 1. The first-order valence-corrected chi connectivity index (χ1v) is 8.74. The van der Waals surface area contributed by atoms with Crippen molar-refractivity contribution in [1.29, 1.82) is 0 Å². The SMILES string of the molecule is CSCCCNC(c1ccc(O)cc1)c1ccc(Cl)cc1. The highest BCUT2D eigenvalue weighted by Crippen LogP contribution is 2.25. The molecule has 21 heavy (non-hydrogen) atoms. The van der Waals surface area contributed by atoms with Gasteiger partial charge in [0, 0.05) is 5.02 Å². The topological polar surface area (TPSA) is 32.3 Å². The molecule has 2 rings (SSSR count). The van der Waals surface area contributed by atoms with Gasteiger partial charge in [-0.15, -0.1) is 0 Å². The number of thioether (sulfide) groups is 1. The molecule has 0 saturated carbocycles. The Hall–Kier alpha value is -1.16. The summed E-state index contributed by atoms with van der Waals surface area (Å²) in [7, 11) is 0. The van der Waals surface area contributed by atoms with Gasteiger partial charge >= 0.3 is 0 Å². The van der Waals surface area contributed by atoms with Gasteiger partial charge in [-0.1, -0.05) is 35.9 Å². The predicted molar refractivity (Wildman–Crippen MR) is 92.4 cm³/mol. The fraction of sp³-hybridized carbons (Fsp3) is 0.294. The van der Waals surface area contributed by atoms with Gasteiger partial charge in [0.15, 0.2) is 0 Å². The van der Waals surface area contributed by atoms with Crippen molar-refractivity contribution >= 4 is 23.4 Å². The van der Waals surface area contributed by atoms with E-state index in [0.717, 1.165) is 29.3 Å². The van der Waals surface area contributed by atoms with Gasteiger partial charge < -0.3 is 10.4 Å². The van der Waals surface area contributed by atoms with Gasteiger partial charge in [-0.05, 0) is 60.4 Å². The Morgan fingerprint density at radius 1 is 1.05 bits per heavy atom. The Labute approximate surface area is 135 Å². The standard InChI is InChI=1S/C17H20ClNOS/c1-21-12-2-11-19-17(13-3-7-15(18)8-4-13)14-5-9-16(20)10-6-14/h3-10,17,19-20H,2,11-12H2,1H3. The fourth-order valence-electron chi connectivity index (χ4n) is 2.21. The minimum atomic E-state index is 0.115. The third kappa shape index (κ3) is 4.95. The van der Waals surface area contributed by atoms with Crippen molar-refractivity contribution in [2.45, 2.75) is 12.5 Å². The van der Waals surface area contributed by atoms with Gasteiger partial charge in [-0.25, -0.2) is 0 Å². The van der Waals surface area contributed by atoms with Crippen molar-refractivity contribution in [1.82, 2.24) is 5.32 Å². The number of benzene rings is 2. The van der Waals surface area contributed by atoms with Crippen LogP contribution in [0.5, 0.6) is 5.75 Å². The van der Waals surface area contributed by atoms with E-state index >= 15 is 0 Å². The van der Waals surface area contributed by atoms with Crippen LogP contribution in [0.4, 0.5) is 0 Å². The monoisotopic (exact) mass is 321 g/mol. The van der Waals surface area contributed by atoms with Crippen LogP contribution >= 0.6 is 23.4 Å². The van der Waals surface area contributed by atoms with Crippen LogP contribution < -0.4 is 5.32 Å². The van der Waals surface area contributed by atoms with Crippen molar-refractivity contribution in [3.63, 3.8) is 0 Å². The summed E-state index contributed by atoms with van der Waals surface area (Å²) >= 11 is 7.83. The first-order valence-electron chi connectivity index (χ1n) is 6.97. The molecule has 0 aliphatic carbocycles. The Morgan fingerprint density at radius 2 is 1.62 bits per heavy atom. The molecule has 2 nitrogen and oxygen atoms in total. The molecule has 0 amide bonds. The van der Waals surface area contributed by atoms with E-state index in [0.29, 0.717) is 0 Å². The third-order valence-corrected chi connectivity index (χ3v) is 4.25. The van der Waals surface area contributed by atoms with Crippen LogP contribution in [0.3, 0.4) is 0 Å². The summed E-state index contributed by atoms with van der Waals surface area (Å²) in [5.41, 5.74) is 2.31. The average Bonchev–Trinajstić information content (AvgIpc) is 2.50. The van der Waals surface area contributed by atoms with E-state index in [4.69, 9.17) is 11.6 Å². The summed E-state index contributed by atoms with van der Waals surface area (Å²) in [5.74, 6) is 1.44. The molecule has 0 heterocycles. The molecule has 0 spiro atoms. The number of phenols is 1. The lowest BCUT2D eigenvalue weighted by Crippen LogP contribution is -2.23. The van der Waals surface area contributed by atoms with Gasteiger partial charge in [-0.3, -0.25) is 0 Å². The molecule has 0 aromatic heterocycles. The lowest BCUT2D eigenvalue weighted by Gasteiger charge is -2.20. The summed E-state index contributed by atoms with van der Waals surface area (Å²) < 4.78 is 0. The first-order chi connectivity index (χ1) is 10.2. The predicted octanol–water partition coefficient (Wildman–Crippen LogP) is 4.48. The van der Waals surface area contributed by atoms with E-state index in [-0.39, 0.29) is 11.8 Å². The highest BCUT2D eigenvalue weighted by Gasteiger charge is 2.13. The zero-order chi connectivity index (χ0) is 15.1. The van der Waals surface area contributed by atoms with E-state index in [1.54, 1.807) is 12.1 Å². The Kier molecular flexibility index (Phi) is 6.43. The maximum absolute atomic E-state index is 9.45. The van der Waals surface area contributed by atoms with E-state index in [2.05, 4.69) is 11.6 Å². The average molecular weight is 322 g/mol. The van der Waals surface area contributed by atoms with Gasteiger partial charge in [0.25, 0.3) is 0 Å². The Balaban J connectivity index is 2.17. The second kappa shape index (κ2) is 8.32. The number of hydrogen-bond acceptors (Lipinski definition) is 3. The summed E-state index contributed by atoms with van der Waals surface area (Å²) in [4.78, 5) is 0. The van der Waals surface area contributed by atoms with Crippen molar-refractivity contribution < 1.29 is 5.11 Å². The lowest BCUT2D eigenvalue weighted by molar-refractivity contribution is 0.474. The van der Waals surface area contributed by atoms with Crippen molar-refractivity contribution in [3.8, 4) is 5.75 Å². The van der Waals surface area contributed by atoms with Gasteiger partial charge in [0.05, 0.1) is 6.04 Å². The van der Waals surface area contributed by atoms with Crippen LogP contribution in [0.1, 0.15) is 23.6 Å². The zero-order valence-electron chi connectivity index (χ0n) is 12.1. The minimum absolute atomic E-state index is 0.115. The van der Waals surface area contributed by atoms with Crippen LogP contribution in [0.2, 0.25) is 5.02 Å². The summed E-state index contributed by atoms with van der Waals surface area (Å²) in [6, 6.07) is 15.4. The zero-order valence-corrected chi connectivity index (χ0v) is 13.6. The molecule has 0 fully saturated rings. The van der Waals surface area contributed by atoms with Crippen LogP contribution in [0, 0.1) is 0 Å². The molecule has 0 aliphatic rings. The highest BCUT2D eigenvalue weighted by molar-refractivity contribution is 7.98. The molecule has 2 aromatic rings. The second-order valence-electron chi connectivity index (χ2n) is 4.88. The third-order valence-electron chi connectivity index (χ3n) is 3.30. The van der Waals surface area contributed by atoms with E-state index in [1.165, 1.54) is 5.56 Å². The molecule has 0 aliphatic heterocycles. The van der Waals surface area contributed by atoms with E-state index in [9.17, 15) is 5.11 Å². The minimum Gasteiger partial charge on any atom is -0.508 e. The van der Waals surface area contributed by atoms with Crippen LogP contribution in [0.25, 0.3) is 0 Å². The van der Waals surface area contributed by atoms with Gasteiger partial charge in [-0.2, -0.15) is 11.8 Å². The number of rotatable bonds is 7. The summed E-state index contributed by atoms with van der Waals surface area (Å²) in [6.07, 6.45) is 3.25. The molecule has 1 atom stereocenters. The molecule has 112 valence electrons. The first kappa shape index (κ1) is 16.2. The molecular formula is C17H20ClNOS. The molecule has 2 aromatic carbocycles. The summed E-state index contributed by atoms with van der Waals surface area (Å²) in [6.45, 7) is 0.953. The summed E-state index contributed by atoms with van der Waals surface area (Å²) in [5, 5.41) is 13.8. The number of nitrogens with one attached hydrogen (secondary N) is 1. The quantitative estimate of drug-likeness (QED) is 0.738. The Morgan fingerprint density at radius 3 is 2.19 bits per heavy atom. The van der Waals surface area contributed by atoms with Gasteiger partial charge in [0.2, 0.25) is 0 Å². The Bertz CT molecular complexity index is 496. The maximum atomic E-state index is 9.45. The van der Waals surface area contributed by atoms with Crippen molar-refractivity contribution in [2.75, 3.05) is 18.6 Å².